The standard InChI is InChI=1S/C12H6BrN3O6/c13-11-5-7(14(17)18)1-3-9(11)10-4-2-8(15(19)20)6-12(10)16(21)22/h1-6H. The van der Waals surface area contributed by atoms with E-state index >= 15 is 0 Å². The number of rotatable bonds is 4. The number of benzene rings is 2. The highest BCUT2D eigenvalue weighted by atomic mass is 79.9. The number of hydrogen-bond acceptors (Lipinski definition) is 6. The number of hydrogen-bond donors (Lipinski definition) is 0. The van der Waals surface area contributed by atoms with Crippen LogP contribution in [-0.4, -0.2) is 14.8 Å². The van der Waals surface area contributed by atoms with E-state index in [1.807, 2.05) is 0 Å². The lowest BCUT2D eigenvalue weighted by molar-refractivity contribution is -0.393. The van der Waals surface area contributed by atoms with Gasteiger partial charge in [0.25, 0.3) is 17.1 Å². The summed E-state index contributed by atoms with van der Waals surface area (Å²) in [6.45, 7) is 0. The van der Waals surface area contributed by atoms with Gasteiger partial charge in [-0.25, -0.2) is 0 Å². The minimum atomic E-state index is -0.740. The van der Waals surface area contributed by atoms with Crippen LogP contribution in [0, 0.1) is 30.3 Å². The van der Waals surface area contributed by atoms with E-state index in [9.17, 15) is 30.3 Å². The molecule has 2 aromatic carbocycles. The van der Waals surface area contributed by atoms with E-state index < -0.39 is 26.1 Å². The molecule has 10 heteroatoms. The number of nitrogens with zero attached hydrogens (tertiary/aromatic N) is 3. The summed E-state index contributed by atoms with van der Waals surface area (Å²) in [5.41, 5.74) is -0.595. The van der Waals surface area contributed by atoms with Crippen molar-refractivity contribution in [2.24, 2.45) is 0 Å². The molecule has 0 spiro atoms. The van der Waals surface area contributed by atoms with Gasteiger partial charge in [-0.1, -0.05) is 0 Å². The molecule has 0 fully saturated rings. The SMILES string of the molecule is O=[N+]([O-])c1ccc(-c2ccc([N+](=O)[O-])cc2[N+](=O)[O-])c(Br)c1. The molecule has 0 amide bonds. The minimum absolute atomic E-state index is 0.123. The highest BCUT2D eigenvalue weighted by Crippen LogP contribution is 2.38. The number of nitro groups is 3. The normalized spacial score (nSPS) is 10.2. The summed E-state index contributed by atoms with van der Waals surface area (Å²) in [7, 11) is 0. The first-order chi connectivity index (χ1) is 10.3. The lowest BCUT2D eigenvalue weighted by Crippen LogP contribution is -1.96. The van der Waals surface area contributed by atoms with Crippen molar-refractivity contribution in [3.8, 4) is 11.1 Å². The van der Waals surface area contributed by atoms with Gasteiger partial charge in [-0.3, -0.25) is 30.3 Å². The molecule has 9 nitrogen and oxygen atoms in total. The van der Waals surface area contributed by atoms with Crippen molar-refractivity contribution in [1.82, 2.24) is 0 Å². The van der Waals surface area contributed by atoms with E-state index in [1.165, 1.54) is 24.3 Å². The molecule has 0 atom stereocenters. The Balaban J connectivity index is 2.64. The fourth-order valence-corrected chi connectivity index (χ4v) is 2.43. The number of nitro benzene ring substituents is 3. The van der Waals surface area contributed by atoms with Gasteiger partial charge in [-0.2, -0.15) is 0 Å². The van der Waals surface area contributed by atoms with Crippen molar-refractivity contribution < 1.29 is 14.8 Å². The minimum Gasteiger partial charge on any atom is -0.258 e. The summed E-state index contributed by atoms with van der Waals surface area (Å²) in [6, 6.07) is 6.98. The Morgan fingerprint density at radius 1 is 0.727 bits per heavy atom. The average Bonchev–Trinajstić information content (AvgIpc) is 2.46. The predicted molar refractivity (Wildman–Crippen MR) is 79.5 cm³/mol. The molecule has 0 heterocycles. The van der Waals surface area contributed by atoms with E-state index in [4.69, 9.17) is 0 Å². The van der Waals surface area contributed by atoms with Crippen molar-refractivity contribution in [1.29, 1.82) is 0 Å². The largest absolute Gasteiger partial charge is 0.284 e. The molecule has 2 aromatic rings. The van der Waals surface area contributed by atoms with Crippen molar-refractivity contribution in [3.63, 3.8) is 0 Å². The van der Waals surface area contributed by atoms with Crippen LogP contribution in [0.3, 0.4) is 0 Å². The topological polar surface area (TPSA) is 129 Å². The third-order valence-corrected chi connectivity index (χ3v) is 3.50. The molecule has 0 N–H and O–H groups in total. The van der Waals surface area contributed by atoms with Gasteiger partial charge in [0.2, 0.25) is 0 Å². The Bertz CT molecular complexity index is 807. The second kappa shape index (κ2) is 5.85. The molecule has 0 saturated heterocycles. The van der Waals surface area contributed by atoms with Gasteiger partial charge in [-0.05, 0) is 28.1 Å². The van der Waals surface area contributed by atoms with Gasteiger partial charge in [0, 0.05) is 28.2 Å². The lowest BCUT2D eigenvalue weighted by atomic mass is 10.0. The summed E-state index contributed by atoms with van der Waals surface area (Å²) in [5.74, 6) is 0. The fourth-order valence-electron chi connectivity index (χ4n) is 1.85. The summed E-state index contributed by atoms with van der Waals surface area (Å²) >= 11 is 3.12. The number of halogens is 1. The molecule has 0 saturated carbocycles. The summed E-state index contributed by atoms with van der Waals surface area (Å²) in [6.07, 6.45) is 0. The first kappa shape index (κ1) is 15.5. The zero-order valence-electron chi connectivity index (χ0n) is 10.6. The van der Waals surface area contributed by atoms with Gasteiger partial charge in [0.1, 0.15) is 0 Å². The van der Waals surface area contributed by atoms with Crippen molar-refractivity contribution in [3.05, 3.63) is 71.2 Å². The molecule has 0 unspecified atom stereocenters. The molecular weight excluding hydrogens is 362 g/mol. The molecule has 22 heavy (non-hydrogen) atoms. The molecular formula is C12H6BrN3O6. The average molecular weight is 368 g/mol. The van der Waals surface area contributed by atoms with Crippen LogP contribution < -0.4 is 0 Å². The molecule has 0 aliphatic rings. The third-order valence-electron chi connectivity index (χ3n) is 2.84. The van der Waals surface area contributed by atoms with Crippen LogP contribution in [0.1, 0.15) is 0 Å². The van der Waals surface area contributed by atoms with E-state index in [2.05, 4.69) is 15.9 Å². The van der Waals surface area contributed by atoms with E-state index in [0.717, 1.165) is 12.1 Å². The highest BCUT2D eigenvalue weighted by molar-refractivity contribution is 9.10. The van der Waals surface area contributed by atoms with Gasteiger partial charge in [0.05, 0.1) is 26.4 Å². The third kappa shape index (κ3) is 2.91. The summed E-state index contributed by atoms with van der Waals surface area (Å²) in [4.78, 5) is 30.4. The van der Waals surface area contributed by atoms with Gasteiger partial charge >= 0.3 is 0 Å². The lowest BCUT2D eigenvalue weighted by Gasteiger charge is -2.06. The van der Waals surface area contributed by atoms with Gasteiger partial charge < -0.3 is 0 Å². The Kier molecular flexibility index (Phi) is 4.13. The van der Waals surface area contributed by atoms with Gasteiger partial charge in [0.15, 0.2) is 0 Å². The van der Waals surface area contributed by atoms with Crippen LogP contribution in [0.4, 0.5) is 17.1 Å². The highest BCUT2D eigenvalue weighted by Gasteiger charge is 2.22. The fraction of sp³-hybridized carbons (Fsp3) is 0. The van der Waals surface area contributed by atoms with E-state index in [-0.39, 0.29) is 15.7 Å². The quantitative estimate of drug-likeness (QED) is 0.595. The smallest absolute Gasteiger partial charge is 0.258 e. The summed E-state index contributed by atoms with van der Waals surface area (Å²) < 4.78 is 0.277. The monoisotopic (exact) mass is 367 g/mol. The molecule has 0 aromatic heterocycles. The van der Waals surface area contributed by atoms with Crippen LogP contribution in [0.15, 0.2) is 40.9 Å². The van der Waals surface area contributed by atoms with Crippen LogP contribution in [-0.2, 0) is 0 Å². The number of non-ortho nitro benzene ring substituents is 2. The molecule has 0 aliphatic carbocycles. The molecule has 0 radical (unpaired) electrons. The maximum atomic E-state index is 11.1. The van der Waals surface area contributed by atoms with Crippen molar-refractivity contribution >= 4 is 33.0 Å². The maximum Gasteiger partial charge on any atom is 0.284 e. The van der Waals surface area contributed by atoms with Crippen molar-refractivity contribution in [2.75, 3.05) is 0 Å². The zero-order chi connectivity index (χ0) is 16.4. The van der Waals surface area contributed by atoms with Crippen LogP contribution in [0.2, 0.25) is 0 Å². The van der Waals surface area contributed by atoms with E-state index in [0.29, 0.717) is 5.56 Å². The Labute approximate surface area is 130 Å². The molecule has 112 valence electrons. The second-order valence-corrected chi connectivity index (χ2v) is 4.99. The Morgan fingerprint density at radius 2 is 1.23 bits per heavy atom. The molecule has 2 rings (SSSR count). The Hall–Kier alpha value is -2.88. The van der Waals surface area contributed by atoms with Crippen LogP contribution in [0.25, 0.3) is 11.1 Å². The van der Waals surface area contributed by atoms with Crippen LogP contribution >= 0.6 is 15.9 Å². The first-order valence-electron chi connectivity index (χ1n) is 5.68. The van der Waals surface area contributed by atoms with Crippen molar-refractivity contribution in [2.45, 2.75) is 0 Å². The molecule has 0 bridgehead atoms. The first-order valence-corrected chi connectivity index (χ1v) is 6.47. The van der Waals surface area contributed by atoms with Gasteiger partial charge in [-0.15, -0.1) is 0 Å². The second-order valence-electron chi connectivity index (χ2n) is 4.14. The molecule has 0 aliphatic heterocycles. The summed E-state index contributed by atoms with van der Waals surface area (Å²) in [5, 5.41) is 32.5. The zero-order valence-corrected chi connectivity index (χ0v) is 12.2. The van der Waals surface area contributed by atoms with E-state index in [1.54, 1.807) is 0 Å². The predicted octanol–water partition coefficient (Wildman–Crippen LogP) is 3.84. The maximum absolute atomic E-state index is 11.1. The Morgan fingerprint density at radius 3 is 1.68 bits per heavy atom. The van der Waals surface area contributed by atoms with Crippen LogP contribution in [0.5, 0.6) is 0 Å².